The smallest absolute Gasteiger partial charge is 0.353 e. The van der Waals surface area contributed by atoms with Gasteiger partial charge in [-0.2, -0.15) is 5.11 Å². The lowest BCUT2D eigenvalue weighted by Gasteiger charge is -2.36. The number of amidine groups is 1. The molecule has 0 aromatic carbocycles. The van der Waals surface area contributed by atoms with Crippen molar-refractivity contribution < 1.29 is 4.79 Å². The number of nitrogens with zero attached hydrogens (tertiary/aromatic N) is 9. The highest BCUT2D eigenvalue weighted by atomic mass is 16.2. The molecule has 11 nitrogen and oxygen atoms in total. The van der Waals surface area contributed by atoms with E-state index in [0.29, 0.717) is 6.67 Å². The molecular formula is C16H20N10O. The Labute approximate surface area is 156 Å². The summed E-state index contributed by atoms with van der Waals surface area (Å²) in [7, 11) is 0. The molecular weight excluding hydrogens is 348 g/mol. The number of hydrogen-bond donors (Lipinski definition) is 1. The van der Waals surface area contributed by atoms with Crippen LogP contribution in [0.15, 0.2) is 45.6 Å². The molecule has 140 valence electrons. The molecule has 5 rings (SSSR count). The number of aromatic nitrogens is 2. The third kappa shape index (κ3) is 2.89. The van der Waals surface area contributed by atoms with Crippen LogP contribution in [0.2, 0.25) is 0 Å². The van der Waals surface area contributed by atoms with Crippen molar-refractivity contribution >= 4 is 17.7 Å². The fourth-order valence-corrected chi connectivity index (χ4v) is 3.70. The van der Waals surface area contributed by atoms with E-state index in [-0.39, 0.29) is 12.2 Å². The van der Waals surface area contributed by atoms with E-state index in [2.05, 4.69) is 40.4 Å². The van der Waals surface area contributed by atoms with Gasteiger partial charge in [0.2, 0.25) is 0 Å². The molecule has 11 heteroatoms. The Kier molecular flexibility index (Phi) is 3.93. The van der Waals surface area contributed by atoms with Crippen LogP contribution in [0, 0.1) is 0 Å². The Morgan fingerprint density at radius 2 is 2.04 bits per heavy atom. The Balaban J connectivity index is 1.14. The highest BCUT2D eigenvalue weighted by Crippen LogP contribution is 2.27. The monoisotopic (exact) mass is 368 g/mol. The minimum Gasteiger partial charge on any atom is -0.353 e. The Morgan fingerprint density at radius 1 is 1.15 bits per heavy atom. The number of azo groups is 1. The number of aliphatic imine (C=N–C) groups is 1. The van der Waals surface area contributed by atoms with E-state index in [0.717, 1.165) is 56.5 Å². The summed E-state index contributed by atoms with van der Waals surface area (Å²) < 4.78 is 0. The van der Waals surface area contributed by atoms with E-state index >= 15 is 0 Å². The fourth-order valence-electron chi connectivity index (χ4n) is 3.70. The average molecular weight is 368 g/mol. The van der Waals surface area contributed by atoms with Crippen LogP contribution < -0.4 is 10.3 Å². The number of nitrogens with one attached hydrogen (secondary N) is 1. The van der Waals surface area contributed by atoms with Gasteiger partial charge in [0.15, 0.2) is 12.0 Å². The molecule has 0 saturated carbocycles. The van der Waals surface area contributed by atoms with Crippen molar-refractivity contribution in [2.45, 2.75) is 6.17 Å². The van der Waals surface area contributed by atoms with Crippen LogP contribution in [0.4, 0.5) is 10.6 Å². The van der Waals surface area contributed by atoms with E-state index < -0.39 is 0 Å². The lowest BCUT2D eigenvalue weighted by atomic mass is 10.1. The quantitative estimate of drug-likeness (QED) is 0.790. The second-order valence-corrected chi connectivity index (χ2v) is 6.74. The average Bonchev–Trinajstić information content (AvgIpc) is 3.31. The first-order valence-corrected chi connectivity index (χ1v) is 9.03. The number of hydrazine groups is 1. The summed E-state index contributed by atoms with van der Waals surface area (Å²) in [5.41, 5.74) is 4.15. The zero-order valence-corrected chi connectivity index (χ0v) is 14.8. The van der Waals surface area contributed by atoms with Gasteiger partial charge in [0.05, 0.1) is 18.3 Å². The summed E-state index contributed by atoms with van der Waals surface area (Å²) in [5.74, 6) is 1.80. The number of rotatable bonds is 4. The van der Waals surface area contributed by atoms with Crippen molar-refractivity contribution in [3.8, 4) is 0 Å². The van der Waals surface area contributed by atoms with Gasteiger partial charge in [-0.15, -0.1) is 0 Å². The minimum atomic E-state index is -0.335. The summed E-state index contributed by atoms with van der Waals surface area (Å²) in [6, 6.07) is -0.317. The van der Waals surface area contributed by atoms with Crippen molar-refractivity contribution in [3.05, 3.63) is 30.4 Å². The predicted molar refractivity (Wildman–Crippen MR) is 96.8 cm³/mol. The van der Waals surface area contributed by atoms with Gasteiger partial charge in [-0.3, -0.25) is 19.8 Å². The van der Waals surface area contributed by atoms with Gasteiger partial charge in [-0.25, -0.2) is 14.8 Å². The standard InChI is InChI=1S/C16H20N10O/c27-16-22-21-15-12-9-20-26(14(12)19-11-25(15)16)8-5-23-3-6-24(7-4-23)13-10-17-1-2-18-13/h1-2,9-10,15,20H,3-8,11H2. The zero-order chi connectivity index (χ0) is 18.2. The van der Waals surface area contributed by atoms with Crippen molar-refractivity contribution in [3.63, 3.8) is 0 Å². The van der Waals surface area contributed by atoms with Crippen LogP contribution in [0.1, 0.15) is 0 Å². The maximum atomic E-state index is 11.7. The Hall–Kier alpha value is -3.08. The third-order valence-corrected chi connectivity index (χ3v) is 5.22. The number of hydrogen-bond acceptors (Lipinski definition) is 9. The maximum absolute atomic E-state index is 11.7. The lowest BCUT2D eigenvalue weighted by molar-refractivity contribution is 0.206. The second-order valence-electron chi connectivity index (χ2n) is 6.74. The van der Waals surface area contributed by atoms with Crippen LogP contribution in [-0.2, 0) is 0 Å². The van der Waals surface area contributed by atoms with Gasteiger partial charge in [-0.05, 0) is 0 Å². The first-order chi connectivity index (χ1) is 13.3. The van der Waals surface area contributed by atoms with Crippen LogP contribution >= 0.6 is 0 Å². The van der Waals surface area contributed by atoms with Gasteiger partial charge >= 0.3 is 6.03 Å². The first kappa shape index (κ1) is 16.1. The highest BCUT2D eigenvalue weighted by molar-refractivity contribution is 6.02. The summed E-state index contributed by atoms with van der Waals surface area (Å²) in [4.78, 5) is 31.0. The summed E-state index contributed by atoms with van der Waals surface area (Å²) in [6.07, 6.45) is 6.78. The van der Waals surface area contributed by atoms with E-state index in [1.54, 1.807) is 17.3 Å². The van der Waals surface area contributed by atoms with Crippen LogP contribution in [0.25, 0.3) is 0 Å². The first-order valence-electron chi connectivity index (χ1n) is 9.03. The molecule has 1 fully saturated rings. The number of carbonyl (C=O) groups excluding carboxylic acids is 1. The molecule has 0 aliphatic carbocycles. The third-order valence-electron chi connectivity index (χ3n) is 5.22. The predicted octanol–water partition coefficient (Wildman–Crippen LogP) is -0.114. The largest absolute Gasteiger partial charge is 0.365 e. The van der Waals surface area contributed by atoms with Gasteiger partial charge in [0, 0.05) is 51.3 Å². The molecule has 4 aliphatic heterocycles. The molecule has 0 radical (unpaired) electrons. The van der Waals surface area contributed by atoms with Crippen LogP contribution in [-0.4, -0.2) is 88.7 Å². The Bertz CT molecular complexity index is 814. The number of amides is 2. The van der Waals surface area contributed by atoms with Crippen molar-refractivity contribution in [1.29, 1.82) is 0 Å². The normalized spacial score (nSPS) is 24.5. The maximum Gasteiger partial charge on any atom is 0.365 e. The minimum absolute atomic E-state index is 0.304. The van der Waals surface area contributed by atoms with E-state index in [9.17, 15) is 4.79 Å². The molecule has 27 heavy (non-hydrogen) atoms. The van der Waals surface area contributed by atoms with Gasteiger partial charge < -0.3 is 10.3 Å². The molecule has 1 aromatic rings. The number of carbonyl (C=O) groups is 1. The van der Waals surface area contributed by atoms with Crippen LogP contribution in [0.5, 0.6) is 0 Å². The molecule has 1 saturated heterocycles. The number of anilines is 1. The molecule has 5 heterocycles. The van der Waals surface area contributed by atoms with Crippen molar-refractivity contribution in [1.82, 2.24) is 30.2 Å². The molecule has 0 bridgehead atoms. The molecule has 4 aliphatic rings. The van der Waals surface area contributed by atoms with E-state index in [1.165, 1.54) is 0 Å². The van der Waals surface area contributed by atoms with Gasteiger partial charge in [-0.1, -0.05) is 5.11 Å². The molecule has 0 spiro atoms. The van der Waals surface area contributed by atoms with Crippen molar-refractivity contribution in [2.75, 3.05) is 50.8 Å². The zero-order valence-electron chi connectivity index (χ0n) is 14.8. The number of piperazine rings is 1. The number of fused-ring (bicyclic) bond motifs is 3. The fraction of sp³-hybridized carbons (Fsp3) is 0.500. The lowest BCUT2D eigenvalue weighted by Crippen LogP contribution is -2.50. The molecule has 2 amide bonds. The topological polar surface area (TPSA) is 105 Å². The van der Waals surface area contributed by atoms with Crippen molar-refractivity contribution in [2.24, 2.45) is 15.2 Å². The number of urea groups is 1. The summed E-state index contributed by atoms with van der Waals surface area (Å²) in [5, 5.41) is 9.74. The SMILES string of the molecule is O=C1N=NC2C3=CNN(CCN4CCN(c5cnccn5)CC4)C3=NCN12. The second kappa shape index (κ2) is 6.58. The van der Waals surface area contributed by atoms with Gasteiger partial charge in [0.1, 0.15) is 12.5 Å². The van der Waals surface area contributed by atoms with E-state index in [1.807, 2.05) is 17.4 Å². The molecule has 1 N–H and O–H groups in total. The van der Waals surface area contributed by atoms with Gasteiger partial charge in [0.25, 0.3) is 0 Å². The van der Waals surface area contributed by atoms with Crippen LogP contribution in [0.3, 0.4) is 0 Å². The van der Waals surface area contributed by atoms with E-state index in [4.69, 9.17) is 0 Å². The summed E-state index contributed by atoms with van der Waals surface area (Å²) >= 11 is 0. The molecule has 1 aromatic heterocycles. The summed E-state index contributed by atoms with van der Waals surface area (Å²) in [6.45, 7) is 5.88. The molecule has 1 atom stereocenters. The Morgan fingerprint density at radius 3 is 2.85 bits per heavy atom. The molecule has 1 unspecified atom stereocenters. The highest BCUT2D eigenvalue weighted by Gasteiger charge is 2.41.